The number of rotatable bonds is 4. The standard InChI is InChI=1S/C12H9N3O2S/c16-15(17)11-6-4-5-10(9-11)13-14-18-12-7-2-1-3-8-12/h1-9H. The van der Waals surface area contributed by atoms with Gasteiger partial charge < -0.3 is 0 Å². The van der Waals surface area contributed by atoms with Crippen LogP contribution in [-0.4, -0.2) is 4.92 Å². The van der Waals surface area contributed by atoms with E-state index >= 15 is 0 Å². The van der Waals surface area contributed by atoms with Crippen molar-refractivity contribution in [3.05, 3.63) is 64.7 Å². The van der Waals surface area contributed by atoms with E-state index in [4.69, 9.17) is 0 Å². The largest absolute Gasteiger partial charge is 0.271 e. The molecule has 6 heteroatoms. The van der Waals surface area contributed by atoms with E-state index < -0.39 is 4.92 Å². The van der Waals surface area contributed by atoms with Gasteiger partial charge in [-0.25, -0.2) is 0 Å². The molecule has 0 fully saturated rings. The predicted octanol–water partition coefficient (Wildman–Crippen LogP) is 4.39. The first-order valence-electron chi connectivity index (χ1n) is 5.13. The summed E-state index contributed by atoms with van der Waals surface area (Å²) in [5.41, 5.74) is 0.476. The van der Waals surface area contributed by atoms with Crippen molar-refractivity contribution in [2.75, 3.05) is 0 Å². The summed E-state index contributed by atoms with van der Waals surface area (Å²) in [6, 6.07) is 15.6. The van der Waals surface area contributed by atoms with Gasteiger partial charge in [0, 0.05) is 29.0 Å². The molecule has 2 aromatic rings. The van der Waals surface area contributed by atoms with Crippen LogP contribution in [0, 0.1) is 10.1 Å². The molecule has 90 valence electrons. The van der Waals surface area contributed by atoms with Gasteiger partial charge in [0.15, 0.2) is 0 Å². The van der Waals surface area contributed by atoms with Crippen molar-refractivity contribution < 1.29 is 4.92 Å². The zero-order valence-electron chi connectivity index (χ0n) is 9.26. The normalized spacial score (nSPS) is 10.7. The van der Waals surface area contributed by atoms with Crippen LogP contribution in [0.2, 0.25) is 0 Å². The minimum atomic E-state index is -0.455. The van der Waals surface area contributed by atoms with E-state index in [1.165, 1.54) is 24.1 Å². The summed E-state index contributed by atoms with van der Waals surface area (Å²) < 4.78 is 3.93. The van der Waals surface area contributed by atoms with Gasteiger partial charge >= 0.3 is 0 Å². The lowest BCUT2D eigenvalue weighted by Crippen LogP contribution is -1.85. The molecule has 0 aliphatic rings. The average molecular weight is 259 g/mol. The van der Waals surface area contributed by atoms with Crippen LogP contribution in [0.3, 0.4) is 0 Å². The van der Waals surface area contributed by atoms with Gasteiger partial charge in [0.2, 0.25) is 0 Å². The Morgan fingerprint density at radius 1 is 1.06 bits per heavy atom. The Kier molecular flexibility index (Phi) is 4.03. The van der Waals surface area contributed by atoms with Crippen LogP contribution in [-0.2, 0) is 0 Å². The van der Waals surface area contributed by atoms with Crippen LogP contribution in [0.1, 0.15) is 0 Å². The topological polar surface area (TPSA) is 67.9 Å². The summed E-state index contributed by atoms with van der Waals surface area (Å²) >= 11 is 1.22. The second-order valence-corrected chi connectivity index (χ2v) is 4.18. The van der Waals surface area contributed by atoms with Crippen LogP contribution in [0.4, 0.5) is 11.4 Å². The van der Waals surface area contributed by atoms with Gasteiger partial charge in [0.05, 0.1) is 10.6 Å². The van der Waals surface area contributed by atoms with Crippen LogP contribution in [0.25, 0.3) is 0 Å². The molecule has 0 aliphatic carbocycles. The number of nitro groups is 1. The van der Waals surface area contributed by atoms with Gasteiger partial charge in [-0.3, -0.25) is 10.1 Å². The van der Waals surface area contributed by atoms with Gasteiger partial charge in [0.1, 0.15) is 0 Å². The van der Waals surface area contributed by atoms with Gasteiger partial charge in [-0.2, -0.15) is 0 Å². The molecule has 0 saturated heterocycles. The quantitative estimate of drug-likeness (QED) is 0.354. The highest BCUT2D eigenvalue weighted by Crippen LogP contribution is 2.24. The molecule has 0 spiro atoms. The van der Waals surface area contributed by atoms with Crippen molar-refractivity contribution in [2.45, 2.75) is 4.90 Å². The predicted molar refractivity (Wildman–Crippen MR) is 69.9 cm³/mol. The van der Waals surface area contributed by atoms with Gasteiger partial charge in [-0.1, -0.05) is 24.3 Å². The Morgan fingerprint density at radius 3 is 2.56 bits per heavy atom. The summed E-state index contributed by atoms with van der Waals surface area (Å²) in [5.74, 6) is 0. The monoisotopic (exact) mass is 259 g/mol. The summed E-state index contributed by atoms with van der Waals surface area (Å²) in [5, 5.41) is 14.5. The van der Waals surface area contributed by atoms with Gasteiger partial charge in [0.25, 0.3) is 5.69 Å². The van der Waals surface area contributed by atoms with Crippen LogP contribution < -0.4 is 0 Å². The lowest BCUT2D eigenvalue weighted by Gasteiger charge is -1.94. The third-order valence-electron chi connectivity index (χ3n) is 2.09. The summed E-state index contributed by atoms with van der Waals surface area (Å²) in [6.45, 7) is 0. The molecule has 0 unspecified atom stereocenters. The highest BCUT2D eigenvalue weighted by molar-refractivity contribution is 7.97. The molecule has 18 heavy (non-hydrogen) atoms. The van der Waals surface area contributed by atoms with E-state index in [1.54, 1.807) is 12.1 Å². The number of benzene rings is 2. The first-order chi connectivity index (χ1) is 8.75. The fourth-order valence-corrected chi connectivity index (χ4v) is 1.77. The maximum Gasteiger partial charge on any atom is 0.271 e. The summed E-state index contributed by atoms with van der Waals surface area (Å²) in [4.78, 5) is 11.1. The Bertz CT molecular complexity index is 573. The van der Waals surface area contributed by atoms with Crippen molar-refractivity contribution in [2.24, 2.45) is 9.63 Å². The van der Waals surface area contributed by atoms with Crippen LogP contribution in [0.15, 0.2) is 69.1 Å². The Balaban J connectivity index is 2.05. The van der Waals surface area contributed by atoms with Crippen molar-refractivity contribution >= 4 is 23.3 Å². The highest BCUT2D eigenvalue weighted by atomic mass is 32.2. The maximum atomic E-state index is 10.6. The molecule has 0 bridgehead atoms. The number of hydrogen-bond donors (Lipinski definition) is 0. The van der Waals surface area contributed by atoms with E-state index in [-0.39, 0.29) is 5.69 Å². The van der Waals surface area contributed by atoms with E-state index in [9.17, 15) is 10.1 Å². The lowest BCUT2D eigenvalue weighted by molar-refractivity contribution is -0.384. The Hall–Kier alpha value is -2.21. The Labute approximate surface area is 108 Å². The molecule has 2 aromatic carbocycles. The highest BCUT2D eigenvalue weighted by Gasteiger charge is 2.04. The van der Waals surface area contributed by atoms with E-state index in [2.05, 4.69) is 9.63 Å². The average Bonchev–Trinajstić information content (AvgIpc) is 2.40. The number of non-ortho nitro benzene ring substituents is 1. The summed E-state index contributed by atoms with van der Waals surface area (Å²) in [6.07, 6.45) is 0. The zero-order valence-corrected chi connectivity index (χ0v) is 10.1. The fraction of sp³-hybridized carbons (Fsp3) is 0. The fourth-order valence-electron chi connectivity index (χ4n) is 1.26. The van der Waals surface area contributed by atoms with Crippen LogP contribution >= 0.6 is 11.9 Å². The van der Waals surface area contributed by atoms with Crippen LogP contribution in [0.5, 0.6) is 0 Å². The molecule has 5 nitrogen and oxygen atoms in total. The first-order valence-corrected chi connectivity index (χ1v) is 5.90. The second kappa shape index (κ2) is 5.92. The number of hydrogen-bond acceptors (Lipinski definition) is 5. The van der Waals surface area contributed by atoms with E-state index in [0.29, 0.717) is 5.69 Å². The molecule has 0 amide bonds. The molecular formula is C12H9N3O2S. The van der Waals surface area contributed by atoms with E-state index in [0.717, 1.165) is 4.90 Å². The molecule has 0 aliphatic heterocycles. The smallest absolute Gasteiger partial charge is 0.258 e. The number of nitro benzene ring substituents is 1. The molecule has 0 N–H and O–H groups in total. The van der Waals surface area contributed by atoms with Gasteiger partial charge in [-0.15, -0.1) is 9.63 Å². The maximum absolute atomic E-state index is 10.6. The number of nitrogens with zero attached hydrogens (tertiary/aromatic N) is 3. The first kappa shape index (κ1) is 12.3. The molecule has 0 radical (unpaired) electrons. The summed E-state index contributed by atoms with van der Waals surface area (Å²) in [7, 11) is 0. The Morgan fingerprint density at radius 2 is 1.83 bits per heavy atom. The van der Waals surface area contributed by atoms with Crippen molar-refractivity contribution in [3.8, 4) is 0 Å². The molecular weight excluding hydrogens is 250 g/mol. The second-order valence-electron chi connectivity index (χ2n) is 3.36. The third-order valence-corrected chi connectivity index (χ3v) is 2.73. The zero-order chi connectivity index (χ0) is 12.8. The minimum Gasteiger partial charge on any atom is -0.258 e. The third kappa shape index (κ3) is 3.39. The van der Waals surface area contributed by atoms with Crippen molar-refractivity contribution in [1.29, 1.82) is 0 Å². The molecule has 0 aromatic heterocycles. The molecule has 0 atom stereocenters. The molecule has 0 heterocycles. The van der Waals surface area contributed by atoms with E-state index in [1.807, 2.05) is 30.3 Å². The lowest BCUT2D eigenvalue weighted by atomic mass is 10.3. The van der Waals surface area contributed by atoms with Gasteiger partial charge in [-0.05, 0) is 18.2 Å². The molecule has 0 saturated carbocycles. The SMILES string of the molecule is O=[N+]([O-])c1cccc(N=NSc2ccccc2)c1. The van der Waals surface area contributed by atoms with Crippen molar-refractivity contribution in [3.63, 3.8) is 0 Å². The van der Waals surface area contributed by atoms with Crippen molar-refractivity contribution in [1.82, 2.24) is 0 Å². The molecule has 2 rings (SSSR count). The minimum absolute atomic E-state index is 0.0103.